The third-order valence-electron chi connectivity index (χ3n) is 3.14. The molecule has 2 N–H and O–H groups in total. The average Bonchev–Trinajstić information content (AvgIpc) is 2.60. The molecule has 0 radical (unpaired) electrons. The summed E-state index contributed by atoms with van der Waals surface area (Å²) >= 11 is 12.1. The normalized spacial score (nSPS) is 10.0. The number of nitrogens with zero attached hydrogens (tertiary/aromatic N) is 3. The minimum atomic E-state index is 0.387. The molecular formula is C17H11Cl2N5. The minimum Gasteiger partial charge on any atom is -0.340 e. The molecule has 0 spiro atoms. The maximum Gasteiger partial charge on any atom is 0.229 e. The van der Waals surface area contributed by atoms with Gasteiger partial charge in [0.15, 0.2) is 0 Å². The van der Waals surface area contributed by atoms with E-state index in [-0.39, 0.29) is 0 Å². The lowest BCUT2D eigenvalue weighted by Crippen LogP contribution is -2.00. The maximum absolute atomic E-state index is 8.82. The lowest BCUT2D eigenvalue weighted by atomic mass is 10.2. The summed E-state index contributed by atoms with van der Waals surface area (Å²) < 4.78 is 0. The van der Waals surface area contributed by atoms with Gasteiger partial charge in [-0.2, -0.15) is 10.2 Å². The fourth-order valence-electron chi connectivity index (χ4n) is 1.99. The monoisotopic (exact) mass is 355 g/mol. The van der Waals surface area contributed by atoms with Gasteiger partial charge in [-0.25, -0.2) is 4.98 Å². The number of anilines is 4. The molecule has 7 heteroatoms. The van der Waals surface area contributed by atoms with Gasteiger partial charge < -0.3 is 10.6 Å². The van der Waals surface area contributed by atoms with Crippen molar-refractivity contribution >= 4 is 46.3 Å². The first kappa shape index (κ1) is 16.1. The molecule has 0 bridgehead atoms. The van der Waals surface area contributed by atoms with E-state index in [9.17, 15) is 0 Å². The van der Waals surface area contributed by atoms with Crippen LogP contribution in [0.4, 0.5) is 23.1 Å². The second kappa shape index (κ2) is 7.18. The highest BCUT2D eigenvalue weighted by atomic mass is 35.5. The van der Waals surface area contributed by atoms with Crippen molar-refractivity contribution < 1.29 is 0 Å². The molecule has 118 valence electrons. The Morgan fingerprint density at radius 2 is 1.75 bits per heavy atom. The number of nitriles is 1. The largest absolute Gasteiger partial charge is 0.340 e. The maximum atomic E-state index is 8.82. The highest BCUT2D eigenvalue weighted by Gasteiger charge is 2.06. The molecule has 0 unspecified atom stereocenters. The van der Waals surface area contributed by atoms with Crippen LogP contribution in [-0.4, -0.2) is 9.97 Å². The van der Waals surface area contributed by atoms with Crippen molar-refractivity contribution in [3.05, 3.63) is 70.3 Å². The molecule has 3 rings (SSSR count). The van der Waals surface area contributed by atoms with Crippen LogP contribution in [0.1, 0.15) is 5.56 Å². The van der Waals surface area contributed by atoms with Crippen LogP contribution in [0.2, 0.25) is 10.0 Å². The Kier molecular flexibility index (Phi) is 4.80. The van der Waals surface area contributed by atoms with Crippen LogP contribution in [0.25, 0.3) is 0 Å². The van der Waals surface area contributed by atoms with E-state index < -0.39 is 0 Å². The van der Waals surface area contributed by atoms with Gasteiger partial charge in [-0.15, -0.1) is 0 Å². The fourth-order valence-corrected chi connectivity index (χ4v) is 2.33. The highest BCUT2D eigenvalue weighted by molar-refractivity contribution is 6.43. The van der Waals surface area contributed by atoms with Gasteiger partial charge >= 0.3 is 0 Å². The number of hydrogen-bond donors (Lipinski definition) is 2. The summed E-state index contributed by atoms with van der Waals surface area (Å²) in [5, 5.41) is 15.9. The van der Waals surface area contributed by atoms with Crippen LogP contribution in [-0.2, 0) is 0 Å². The van der Waals surface area contributed by atoms with Crippen molar-refractivity contribution in [1.29, 1.82) is 5.26 Å². The fraction of sp³-hybridized carbons (Fsp3) is 0. The number of benzene rings is 2. The van der Waals surface area contributed by atoms with Crippen molar-refractivity contribution in [1.82, 2.24) is 9.97 Å². The molecule has 1 heterocycles. The molecule has 0 saturated carbocycles. The summed E-state index contributed by atoms with van der Waals surface area (Å²) in [6.07, 6.45) is 1.62. The average molecular weight is 356 g/mol. The molecule has 3 aromatic rings. The van der Waals surface area contributed by atoms with Crippen LogP contribution in [0.15, 0.2) is 54.7 Å². The van der Waals surface area contributed by atoms with Gasteiger partial charge in [-0.1, -0.05) is 29.3 Å². The topological polar surface area (TPSA) is 73.6 Å². The van der Waals surface area contributed by atoms with Crippen molar-refractivity contribution in [3.8, 4) is 6.07 Å². The van der Waals surface area contributed by atoms with E-state index in [1.807, 2.05) is 12.1 Å². The van der Waals surface area contributed by atoms with Crippen LogP contribution in [0, 0.1) is 11.3 Å². The van der Waals surface area contributed by atoms with Gasteiger partial charge in [-0.3, -0.25) is 0 Å². The predicted octanol–water partition coefficient (Wildman–Crippen LogP) is 5.14. The summed E-state index contributed by atoms with van der Waals surface area (Å²) in [6, 6.07) is 16.2. The van der Waals surface area contributed by atoms with Crippen LogP contribution >= 0.6 is 23.2 Å². The molecule has 0 fully saturated rings. The van der Waals surface area contributed by atoms with Crippen molar-refractivity contribution in [2.45, 2.75) is 0 Å². The number of rotatable bonds is 4. The molecular weight excluding hydrogens is 345 g/mol. The molecule has 0 aliphatic carbocycles. The molecule has 0 amide bonds. The van der Waals surface area contributed by atoms with Crippen molar-refractivity contribution in [3.63, 3.8) is 0 Å². The summed E-state index contributed by atoms with van der Waals surface area (Å²) in [5.41, 5.74) is 2.04. The first-order valence-corrected chi connectivity index (χ1v) is 7.72. The summed E-state index contributed by atoms with van der Waals surface area (Å²) in [4.78, 5) is 8.54. The first-order valence-electron chi connectivity index (χ1n) is 6.97. The van der Waals surface area contributed by atoms with Gasteiger partial charge in [0.05, 0.1) is 27.4 Å². The molecule has 2 aromatic carbocycles. The molecule has 0 aliphatic rings. The van der Waals surface area contributed by atoms with E-state index in [0.717, 1.165) is 5.69 Å². The highest BCUT2D eigenvalue weighted by Crippen LogP contribution is 2.31. The Morgan fingerprint density at radius 1 is 0.958 bits per heavy atom. The summed E-state index contributed by atoms with van der Waals surface area (Å²) in [6.45, 7) is 0. The number of aromatic nitrogens is 2. The molecule has 1 aromatic heterocycles. The van der Waals surface area contributed by atoms with Crippen LogP contribution in [0.5, 0.6) is 0 Å². The number of nitrogens with one attached hydrogen (secondary N) is 2. The van der Waals surface area contributed by atoms with E-state index in [1.54, 1.807) is 42.6 Å². The van der Waals surface area contributed by atoms with Crippen molar-refractivity contribution in [2.75, 3.05) is 10.6 Å². The van der Waals surface area contributed by atoms with Crippen LogP contribution in [0.3, 0.4) is 0 Å². The Morgan fingerprint density at radius 3 is 2.50 bits per heavy atom. The molecule has 0 saturated heterocycles. The molecule has 0 atom stereocenters. The van der Waals surface area contributed by atoms with E-state index >= 15 is 0 Å². The second-order valence-corrected chi connectivity index (χ2v) is 5.59. The zero-order valence-electron chi connectivity index (χ0n) is 12.3. The minimum absolute atomic E-state index is 0.387. The standard InChI is InChI=1S/C17H11Cl2N5/c18-13-2-1-3-14(16(13)19)23-17-21-9-8-15(24-17)22-12-6-4-11(10-20)5-7-12/h1-9H,(H2,21,22,23,24). The lowest BCUT2D eigenvalue weighted by Gasteiger charge is -2.10. The van der Waals surface area contributed by atoms with E-state index in [0.29, 0.717) is 33.1 Å². The van der Waals surface area contributed by atoms with E-state index in [2.05, 4.69) is 26.7 Å². The van der Waals surface area contributed by atoms with Gasteiger partial charge in [-0.05, 0) is 42.5 Å². The van der Waals surface area contributed by atoms with Gasteiger partial charge in [0, 0.05) is 11.9 Å². The molecule has 5 nitrogen and oxygen atoms in total. The lowest BCUT2D eigenvalue weighted by molar-refractivity contribution is 1.17. The van der Waals surface area contributed by atoms with E-state index in [4.69, 9.17) is 28.5 Å². The zero-order chi connectivity index (χ0) is 16.9. The van der Waals surface area contributed by atoms with Crippen LogP contribution < -0.4 is 10.6 Å². The van der Waals surface area contributed by atoms with E-state index in [1.165, 1.54) is 0 Å². The summed E-state index contributed by atoms with van der Waals surface area (Å²) in [5.74, 6) is 0.994. The van der Waals surface area contributed by atoms with Gasteiger partial charge in [0.2, 0.25) is 5.95 Å². The Hall–Kier alpha value is -2.81. The number of hydrogen-bond acceptors (Lipinski definition) is 5. The quantitative estimate of drug-likeness (QED) is 0.677. The first-order chi connectivity index (χ1) is 11.7. The Balaban J connectivity index is 1.78. The third kappa shape index (κ3) is 3.74. The molecule has 0 aliphatic heterocycles. The summed E-state index contributed by atoms with van der Waals surface area (Å²) in [7, 11) is 0. The van der Waals surface area contributed by atoms with Gasteiger partial charge in [0.1, 0.15) is 5.82 Å². The Labute approximate surface area is 148 Å². The zero-order valence-corrected chi connectivity index (χ0v) is 13.8. The predicted molar refractivity (Wildman–Crippen MR) is 96.2 cm³/mol. The van der Waals surface area contributed by atoms with Gasteiger partial charge in [0.25, 0.3) is 0 Å². The molecule has 24 heavy (non-hydrogen) atoms. The SMILES string of the molecule is N#Cc1ccc(Nc2ccnc(Nc3cccc(Cl)c3Cl)n2)cc1. The number of halogens is 2. The van der Waals surface area contributed by atoms with Crippen molar-refractivity contribution in [2.24, 2.45) is 0 Å². The smallest absolute Gasteiger partial charge is 0.229 e. The Bertz CT molecular complexity index is 904. The third-order valence-corrected chi connectivity index (χ3v) is 3.96. The second-order valence-electron chi connectivity index (χ2n) is 4.81.